The number of cyclic esters (lactones) is 1. The van der Waals surface area contributed by atoms with Crippen LogP contribution in [0.4, 0.5) is 0 Å². The molecule has 0 amide bonds. The molecule has 4 nitrogen and oxygen atoms in total. The second-order valence-electron chi connectivity index (χ2n) is 5.61. The lowest BCUT2D eigenvalue weighted by atomic mass is 9.97. The van der Waals surface area contributed by atoms with Gasteiger partial charge in [-0.2, -0.15) is 0 Å². The average molecular weight is 276 g/mol. The van der Waals surface area contributed by atoms with Crippen molar-refractivity contribution in [2.75, 3.05) is 6.61 Å². The molecular weight excluding hydrogens is 256 g/mol. The first-order valence-electron chi connectivity index (χ1n) is 6.92. The summed E-state index contributed by atoms with van der Waals surface area (Å²) in [4.78, 5) is 23.2. The Morgan fingerprint density at radius 2 is 2.05 bits per heavy atom. The Morgan fingerprint density at radius 1 is 1.40 bits per heavy atom. The molecule has 2 rings (SSSR count). The lowest BCUT2D eigenvalue weighted by molar-refractivity contribution is -0.137. The van der Waals surface area contributed by atoms with Crippen molar-refractivity contribution < 1.29 is 19.1 Å². The summed E-state index contributed by atoms with van der Waals surface area (Å²) in [5, 5.41) is 0. The van der Waals surface area contributed by atoms with E-state index < -0.39 is 11.6 Å². The Labute approximate surface area is 119 Å². The third kappa shape index (κ3) is 3.18. The lowest BCUT2D eigenvalue weighted by Gasteiger charge is -2.21. The molecule has 2 unspecified atom stereocenters. The predicted molar refractivity (Wildman–Crippen MR) is 74.5 cm³/mol. The van der Waals surface area contributed by atoms with E-state index in [2.05, 4.69) is 13.8 Å². The molecule has 0 bridgehead atoms. The van der Waals surface area contributed by atoms with Gasteiger partial charge in [0.25, 0.3) is 0 Å². The number of ether oxygens (including phenoxy) is 2. The van der Waals surface area contributed by atoms with Gasteiger partial charge in [-0.3, -0.25) is 4.79 Å². The van der Waals surface area contributed by atoms with Crippen molar-refractivity contribution in [3.05, 3.63) is 35.4 Å². The summed E-state index contributed by atoms with van der Waals surface area (Å²) in [6, 6.07) is 7.43. The molecule has 1 saturated heterocycles. The molecule has 0 saturated carbocycles. The number of rotatable bonds is 4. The molecule has 0 aliphatic carbocycles. The zero-order valence-electron chi connectivity index (χ0n) is 12.1. The van der Waals surface area contributed by atoms with E-state index in [0.29, 0.717) is 11.5 Å². The fourth-order valence-electron chi connectivity index (χ4n) is 2.17. The van der Waals surface area contributed by atoms with Crippen molar-refractivity contribution in [1.29, 1.82) is 0 Å². The van der Waals surface area contributed by atoms with Crippen molar-refractivity contribution in [1.82, 2.24) is 0 Å². The Morgan fingerprint density at radius 3 is 2.55 bits per heavy atom. The Balaban J connectivity index is 2.04. The number of hydrogen-bond acceptors (Lipinski definition) is 4. The van der Waals surface area contributed by atoms with Gasteiger partial charge in [-0.1, -0.05) is 26.0 Å². The molecule has 108 valence electrons. The van der Waals surface area contributed by atoms with Gasteiger partial charge in [0.05, 0.1) is 12.0 Å². The highest BCUT2D eigenvalue weighted by atomic mass is 16.6. The van der Waals surface area contributed by atoms with Gasteiger partial charge in [0.15, 0.2) is 5.60 Å². The normalized spacial score (nSPS) is 23.2. The van der Waals surface area contributed by atoms with Gasteiger partial charge in [0.2, 0.25) is 0 Å². The van der Waals surface area contributed by atoms with Crippen LogP contribution in [0.2, 0.25) is 0 Å². The van der Waals surface area contributed by atoms with Crippen LogP contribution in [0.3, 0.4) is 0 Å². The maximum absolute atomic E-state index is 12.1. The van der Waals surface area contributed by atoms with Crippen LogP contribution in [0.1, 0.15) is 55.5 Å². The minimum absolute atomic E-state index is 0.115. The Kier molecular flexibility index (Phi) is 4.12. The summed E-state index contributed by atoms with van der Waals surface area (Å²) < 4.78 is 10.3. The molecule has 4 heteroatoms. The molecule has 0 aromatic heterocycles. The SMILES string of the molecule is CCC(C)c1ccc(C(=O)OC2(C)COC(=O)C2)cc1. The fraction of sp³-hybridized carbons (Fsp3) is 0.500. The Hall–Kier alpha value is -1.84. The van der Waals surface area contributed by atoms with Gasteiger partial charge in [0, 0.05) is 0 Å². The molecule has 1 aliphatic heterocycles. The van der Waals surface area contributed by atoms with Crippen molar-refractivity contribution >= 4 is 11.9 Å². The highest BCUT2D eigenvalue weighted by Crippen LogP contribution is 2.25. The highest BCUT2D eigenvalue weighted by molar-refractivity contribution is 5.90. The number of carbonyl (C=O) groups excluding carboxylic acids is 2. The van der Waals surface area contributed by atoms with Crippen LogP contribution in [-0.4, -0.2) is 24.1 Å². The minimum atomic E-state index is -0.844. The number of hydrogen-bond donors (Lipinski definition) is 0. The summed E-state index contributed by atoms with van der Waals surface area (Å²) in [6.07, 6.45) is 1.17. The molecular formula is C16H20O4. The molecule has 0 spiro atoms. The minimum Gasteiger partial charge on any atom is -0.461 e. The van der Waals surface area contributed by atoms with Crippen LogP contribution < -0.4 is 0 Å². The highest BCUT2D eigenvalue weighted by Gasteiger charge is 2.39. The van der Waals surface area contributed by atoms with E-state index in [4.69, 9.17) is 9.47 Å². The second kappa shape index (κ2) is 5.65. The zero-order valence-corrected chi connectivity index (χ0v) is 12.1. The predicted octanol–water partition coefficient (Wildman–Crippen LogP) is 3.06. The van der Waals surface area contributed by atoms with Crippen LogP contribution in [0.25, 0.3) is 0 Å². The van der Waals surface area contributed by atoms with Crippen LogP contribution in [0.5, 0.6) is 0 Å². The van der Waals surface area contributed by atoms with Crippen LogP contribution in [0, 0.1) is 0 Å². The van der Waals surface area contributed by atoms with Crippen LogP contribution in [-0.2, 0) is 14.3 Å². The van der Waals surface area contributed by atoms with E-state index >= 15 is 0 Å². The maximum Gasteiger partial charge on any atom is 0.338 e. The van der Waals surface area contributed by atoms with E-state index in [-0.39, 0.29) is 19.0 Å². The first kappa shape index (κ1) is 14.6. The first-order chi connectivity index (χ1) is 9.43. The van der Waals surface area contributed by atoms with Crippen LogP contribution in [0.15, 0.2) is 24.3 Å². The lowest BCUT2D eigenvalue weighted by Crippen LogP contribution is -2.32. The van der Waals surface area contributed by atoms with Gasteiger partial charge in [-0.15, -0.1) is 0 Å². The number of benzene rings is 1. The second-order valence-corrected chi connectivity index (χ2v) is 5.61. The van der Waals surface area contributed by atoms with Crippen molar-refractivity contribution in [2.45, 2.75) is 45.1 Å². The molecule has 1 heterocycles. The summed E-state index contributed by atoms with van der Waals surface area (Å²) in [5.74, 6) is -0.271. The number of esters is 2. The van der Waals surface area contributed by atoms with Crippen molar-refractivity contribution in [3.8, 4) is 0 Å². The maximum atomic E-state index is 12.1. The van der Waals surface area contributed by atoms with Gasteiger partial charge >= 0.3 is 11.9 Å². The van der Waals surface area contributed by atoms with Crippen molar-refractivity contribution in [2.24, 2.45) is 0 Å². The largest absolute Gasteiger partial charge is 0.461 e. The molecule has 1 aromatic rings. The Bertz CT molecular complexity index is 506. The zero-order chi connectivity index (χ0) is 14.8. The van der Waals surface area contributed by atoms with Crippen molar-refractivity contribution in [3.63, 3.8) is 0 Å². The first-order valence-corrected chi connectivity index (χ1v) is 6.92. The van der Waals surface area contributed by atoms with Gasteiger partial charge in [-0.05, 0) is 37.0 Å². The van der Waals surface area contributed by atoms with E-state index in [1.165, 1.54) is 5.56 Å². The summed E-state index contributed by atoms with van der Waals surface area (Å²) in [7, 11) is 0. The summed E-state index contributed by atoms with van der Waals surface area (Å²) in [6.45, 7) is 6.12. The monoisotopic (exact) mass is 276 g/mol. The fourth-order valence-corrected chi connectivity index (χ4v) is 2.17. The molecule has 1 aliphatic rings. The van der Waals surface area contributed by atoms with Gasteiger partial charge < -0.3 is 9.47 Å². The smallest absolute Gasteiger partial charge is 0.338 e. The molecule has 0 N–H and O–H groups in total. The quantitative estimate of drug-likeness (QED) is 0.793. The number of carbonyl (C=O) groups is 2. The van der Waals surface area contributed by atoms with Gasteiger partial charge in [0.1, 0.15) is 6.61 Å². The third-order valence-corrected chi connectivity index (χ3v) is 3.72. The van der Waals surface area contributed by atoms with Gasteiger partial charge in [-0.25, -0.2) is 4.79 Å². The standard InChI is InChI=1S/C16H20O4/c1-4-11(2)12-5-7-13(8-6-12)15(18)20-16(3)9-14(17)19-10-16/h5-8,11H,4,9-10H2,1-3H3. The molecule has 0 radical (unpaired) electrons. The summed E-state index contributed by atoms with van der Waals surface area (Å²) in [5.41, 5.74) is 0.857. The molecule has 1 fully saturated rings. The van der Waals surface area contributed by atoms with E-state index in [1.807, 2.05) is 12.1 Å². The molecule has 20 heavy (non-hydrogen) atoms. The third-order valence-electron chi connectivity index (χ3n) is 3.72. The average Bonchev–Trinajstić information content (AvgIpc) is 2.77. The molecule has 2 atom stereocenters. The molecule has 1 aromatic carbocycles. The van der Waals surface area contributed by atoms with E-state index in [0.717, 1.165) is 6.42 Å². The van der Waals surface area contributed by atoms with E-state index in [1.54, 1.807) is 19.1 Å². The topological polar surface area (TPSA) is 52.6 Å². The van der Waals surface area contributed by atoms with E-state index in [9.17, 15) is 9.59 Å². The van der Waals surface area contributed by atoms with Crippen LogP contribution >= 0.6 is 0 Å². The summed E-state index contributed by atoms with van der Waals surface area (Å²) >= 11 is 0.